The molecule has 5 nitrogen and oxygen atoms in total. The molecule has 1 fully saturated rings. The van der Waals surface area contributed by atoms with Crippen LogP contribution in [0.25, 0.3) is 0 Å². The number of hydrogen-bond acceptors (Lipinski definition) is 3. The predicted molar refractivity (Wildman–Crippen MR) is 94.5 cm³/mol. The first-order valence-electron chi connectivity index (χ1n) is 8.82. The quantitative estimate of drug-likeness (QED) is 0.732. The molecule has 0 atom stereocenters. The Labute approximate surface area is 159 Å². The van der Waals surface area contributed by atoms with E-state index in [2.05, 4.69) is 15.6 Å². The molecule has 9 heteroatoms. The summed E-state index contributed by atoms with van der Waals surface area (Å²) in [6.45, 7) is 0. The monoisotopic (exact) mass is 397 g/mol. The van der Waals surface area contributed by atoms with Gasteiger partial charge in [0, 0.05) is 24.0 Å². The summed E-state index contributed by atoms with van der Waals surface area (Å²) in [5.41, 5.74) is -0.329. The number of rotatable bonds is 4. The number of anilines is 1. The molecule has 2 amide bonds. The molecule has 0 aliphatic heterocycles. The highest BCUT2D eigenvalue weighted by molar-refractivity contribution is 5.89. The Morgan fingerprint density at radius 3 is 2.29 bits per heavy atom. The van der Waals surface area contributed by atoms with Gasteiger partial charge in [0.25, 0.3) is 0 Å². The van der Waals surface area contributed by atoms with Crippen LogP contribution < -0.4 is 15.4 Å². The van der Waals surface area contributed by atoms with Crippen molar-refractivity contribution in [3.8, 4) is 5.88 Å². The molecule has 28 heavy (non-hydrogen) atoms. The van der Waals surface area contributed by atoms with Crippen LogP contribution in [-0.2, 0) is 6.18 Å². The fourth-order valence-corrected chi connectivity index (χ4v) is 3.00. The lowest BCUT2D eigenvalue weighted by Crippen LogP contribution is -2.41. The number of pyridine rings is 1. The van der Waals surface area contributed by atoms with Crippen molar-refractivity contribution in [3.05, 3.63) is 54.0 Å². The van der Waals surface area contributed by atoms with Gasteiger partial charge in [0.1, 0.15) is 11.9 Å². The number of nitrogens with zero attached hydrogens (tertiary/aromatic N) is 1. The van der Waals surface area contributed by atoms with E-state index in [1.807, 2.05) is 0 Å². The molecule has 0 saturated heterocycles. The number of alkyl halides is 3. The van der Waals surface area contributed by atoms with E-state index in [9.17, 15) is 22.4 Å². The molecule has 1 saturated carbocycles. The molecule has 150 valence electrons. The minimum atomic E-state index is -4.43. The second kappa shape index (κ2) is 8.45. The summed E-state index contributed by atoms with van der Waals surface area (Å²) in [6.07, 6.45) is -1.22. The molecule has 1 aliphatic rings. The minimum Gasteiger partial charge on any atom is -0.474 e. The van der Waals surface area contributed by atoms with Gasteiger partial charge in [-0.05, 0) is 56.0 Å². The first-order chi connectivity index (χ1) is 13.3. The third kappa shape index (κ3) is 5.58. The summed E-state index contributed by atoms with van der Waals surface area (Å²) < 4.78 is 56.1. The SMILES string of the molecule is O=C(Nc1ccc(F)cc1)NC1CCC(Oc2ccc(C(F)(F)F)cn2)CC1. The maximum atomic E-state index is 12.9. The number of hydrogen-bond donors (Lipinski definition) is 2. The van der Waals surface area contributed by atoms with E-state index in [0.29, 0.717) is 31.4 Å². The Hall–Kier alpha value is -2.84. The standard InChI is InChI=1S/C19H19F4N3O2/c20-13-2-4-14(5-3-13)25-18(27)26-15-6-8-16(9-7-15)28-17-10-1-12(11-24-17)19(21,22)23/h1-5,10-11,15-16H,6-9H2,(H2,25,26,27). The van der Waals surface area contributed by atoms with Crippen molar-refractivity contribution < 1.29 is 27.1 Å². The van der Waals surface area contributed by atoms with E-state index >= 15 is 0 Å². The number of amides is 2. The van der Waals surface area contributed by atoms with E-state index < -0.39 is 11.7 Å². The second-order valence-corrected chi connectivity index (χ2v) is 6.58. The van der Waals surface area contributed by atoms with Crippen LogP contribution in [0.15, 0.2) is 42.6 Å². The fourth-order valence-electron chi connectivity index (χ4n) is 3.00. The van der Waals surface area contributed by atoms with Gasteiger partial charge in [-0.15, -0.1) is 0 Å². The van der Waals surface area contributed by atoms with Gasteiger partial charge in [-0.25, -0.2) is 14.2 Å². The molecule has 0 spiro atoms. The first-order valence-corrected chi connectivity index (χ1v) is 8.82. The van der Waals surface area contributed by atoms with Crippen molar-refractivity contribution in [2.24, 2.45) is 0 Å². The highest BCUT2D eigenvalue weighted by Gasteiger charge is 2.31. The Bertz CT molecular complexity index is 786. The number of ether oxygens (including phenoxy) is 1. The van der Waals surface area contributed by atoms with Crippen molar-refractivity contribution in [1.29, 1.82) is 0 Å². The zero-order valence-electron chi connectivity index (χ0n) is 14.8. The van der Waals surface area contributed by atoms with Crippen molar-refractivity contribution in [1.82, 2.24) is 10.3 Å². The van der Waals surface area contributed by atoms with Crippen LogP contribution in [0.4, 0.5) is 28.0 Å². The molecular formula is C19H19F4N3O2. The van der Waals surface area contributed by atoms with Crippen LogP contribution in [0, 0.1) is 5.82 Å². The summed E-state index contributed by atoms with van der Waals surface area (Å²) in [5, 5.41) is 5.49. The van der Waals surface area contributed by atoms with E-state index in [-0.39, 0.29) is 29.9 Å². The first kappa shape index (κ1) is 19.9. The smallest absolute Gasteiger partial charge is 0.417 e. The maximum Gasteiger partial charge on any atom is 0.417 e. The second-order valence-electron chi connectivity index (χ2n) is 6.58. The van der Waals surface area contributed by atoms with Crippen molar-refractivity contribution in [2.75, 3.05) is 5.32 Å². The van der Waals surface area contributed by atoms with Crippen LogP contribution >= 0.6 is 0 Å². The van der Waals surface area contributed by atoms with Crippen LogP contribution in [0.2, 0.25) is 0 Å². The minimum absolute atomic E-state index is 0.0409. The Morgan fingerprint density at radius 2 is 1.71 bits per heavy atom. The largest absolute Gasteiger partial charge is 0.474 e. The van der Waals surface area contributed by atoms with E-state index in [1.54, 1.807) is 0 Å². The lowest BCUT2D eigenvalue weighted by molar-refractivity contribution is -0.137. The molecule has 0 unspecified atom stereocenters. The molecule has 0 bridgehead atoms. The van der Waals surface area contributed by atoms with Crippen LogP contribution in [0.1, 0.15) is 31.2 Å². The molecule has 1 aromatic heterocycles. The number of urea groups is 1. The molecule has 3 rings (SSSR count). The van der Waals surface area contributed by atoms with Crippen LogP contribution in [0.5, 0.6) is 5.88 Å². The van der Waals surface area contributed by atoms with E-state index in [0.717, 1.165) is 12.3 Å². The zero-order chi connectivity index (χ0) is 20.1. The topological polar surface area (TPSA) is 63.2 Å². The Balaban J connectivity index is 1.43. The highest BCUT2D eigenvalue weighted by atomic mass is 19.4. The lowest BCUT2D eigenvalue weighted by Gasteiger charge is -2.29. The Kier molecular flexibility index (Phi) is 6.01. The highest BCUT2D eigenvalue weighted by Crippen LogP contribution is 2.30. The average molecular weight is 397 g/mol. The number of carbonyl (C=O) groups excluding carboxylic acids is 1. The van der Waals surface area contributed by atoms with Gasteiger partial charge in [0.15, 0.2) is 0 Å². The zero-order valence-corrected chi connectivity index (χ0v) is 14.8. The summed E-state index contributed by atoms with van der Waals surface area (Å²) in [5.74, 6) is -0.231. The number of aromatic nitrogens is 1. The van der Waals surface area contributed by atoms with E-state index in [1.165, 1.54) is 30.3 Å². The van der Waals surface area contributed by atoms with Gasteiger partial charge < -0.3 is 15.4 Å². The van der Waals surface area contributed by atoms with Crippen molar-refractivity contribution >= 4 is 11.7 Å². The van der Waals surface area contributed by atoms with Gasteiger partial charge in [0.05, 0.1) is 5.56 Å². The van der Waals surface area contributed by atoms with Crippen LogP contribution in [-0.4, -0.2) is 23.2 Å². The van der Waals surface area contributed by atoms with Crippen LogP contribution in [0.3, 0.4) is 0 Å². The number of benzene rings is 1. The fraction of sp³-hybridized carbons (Fsp3) is 0.368. The normalized spacial score (nSPS) is 19.7. The van der Waals surface area contributed by atoms with Crippen molar-refractivity contribution in [2.45, 2.75) is 44.0 Å². The molecule has 1 aromatic carbocycles. The number of nitrogens with one attached hydrogen (secondary N) is 2. The molecule has 2 aromatic rings. The van der Waals surface area contributed by atoms with Gasteiger partial charge in [-0.3, -0.25) is 0 Å². The summed E-state index contributed by atoms with van der Waals surface area (Å²) in [4.78, 5) is 15.7. The molecule has 1 aliphatic carbocycles. The summed E-state index contributed by atoms with van der Waals surface area (Å²) in [7, 11) is 0. The lowest BCUT2D eigenvalue weighted by atomic mass is 9.93. The molecule has 2 N–H and O–H groups in total. The Morgan fingerprint density at radius 1 is 1.04 bits per heavy atom. The van der Waals surface area contributed by atoms with Gasteiger partial charge in [-0.1, -0.05) is 0 Å². The number of carbonyl (C=O) groups is 1. The molecule has 0 radical (unpaired) electrons. The molecule has 1 heterocycles. The van der Waals surface area contributed by atoms with E-state index in [4.69, 9.17) is 4.74 Å². The summed E-state index contributed by atoms with van der Waals surface area (Å²) >= 11 is 0. The average Bonchev–Trinajstić information content (AvgIpc) is 2.65. The van der Waals surface area contributed by atoms with Gasteiger partial charge >= 0.3 is 12.2 Å². The maximum absolute atomic E-state index is 12.9. The number of halogens is 4. The third-order valence-electron chi connectivity index (χ3n) is 4.46. The van der Waals surface area contributed by atoms with Gasteiger partial charge in [-0.2, -0.15) is 13.2 Å². The van der Waals surface area contributed by atoms with Gasteiger partial charge in [0.2, 0.25) is 5.88 Å². The molecular weight excluding hydrogens is 378 g/mol. The van der Waals surface area contributed by atoms with Crippen molar-refractivity contribution in [3.63, 3.8) is 0 Å². The predicted octanol–water partition coefficient (Wildman–Crippen LogP) is 4.75. The third-order valence-corrected chi connectivity index (χ3v) is 4.46. The summed E-state index contributed by atoms with van der Waals surface area (Å²) in [6, 6.07) is 7.19.